The van der Waals surface area contributed by atoms with Crippen molar-refractivity contribution in [1.82, 2.24) is 9.78 Å². The lowest BCUT2D eigenvalue weighted by Gasteiger charge is -2.05. The Kier molecular flexibility index (Phi) is 3.81. The van der Waals surface area contributed by atoms with Crippen LogP contribution in [0.3, 0.4) is 0 Å². The molecule has 0 atom stereocenters. The number of aromatic nitrogens is 2. The molecule has 7 heteroatoms. The van der Waals surface area contributed by atoms with Gasteiger partial charge in [0, 0.05) is 7.11 Å². The second-order valence-corrected chi connectivity index (χ2v) is 3.17. The number of rotatable bonds is 4. The number of methoxy groups -OCH3 is 1. The van der Waals surface area contributed by atoms with E-state index in [0.29, 0.717) is 0 Å². The molecule has 82 valence electrons. The first kappa shape index (κ1) is 11.7. The largest absolute Gasteiger partial charge is 0.481 e. The van der Waals surface area contributed by atoms with Crippen LogP contribution in [-0.2, 0) is 22.7 Å². The lowest BCUT2D eigenvalue weighted by Crippen LogP contribution is -2.28. The fraction of sp³-hybridized carbons (Fsp3) is 0.375. The van der Waals surface area contributed by atoms with Gasteiger partial charge in [-0.3, -0.25) is 9.59 Å². The highest BCUT2D eigenvalue weighted by Crippen LogP contribution is 2.09. The van der Waals surface area contributed by atoms with Crippen LogP contribution in [0.15, 0.2) is 11.0 Å². The topological polar surface area (TPSA) is 81.4 Å². The molecule has 0 radical (unpaired) electrons. The summed E-state index contributed by atoms with van der Waals surface area (Å²) in [5.74, 6) is -1.12. The van der Waals surface area contributed by atoms with E-state index >= 15 is 0 Å². The normalized spacial score (nSPS) is 10.3. The summed E-state index contributed by atoms with van der Waals surface area (Å²) in [7, 11) is 1.40. The molecule has 15 heavy (non-hydrogen) atoms. The van der Waals surface area contributed by atoms with Crippen LogP contribution in [0.25, 0.3) is 0 Å². The van der Waals surface area contributed by atoms with Gasteiger partial charge >= 0.3 is 5.97 Å². The Labute approximate surface area is 90.0 Å². The SMILES string of the molecule is COCn1ncc(Cl)c(CC(=O)O)c1=O. The molecule has 0 bridgehead atoms. The molecule has 0 aromatic carbocycles. The minimum atomic E-state index is -1.12. The summed E-state index contributed by atoms with van der Waals surface area (Å²) < 4.78 is 5.72. The van der Waals surface area contributed by atoms with Gasteiger partial charge in [-0.15, -0.1) is 0 Å². The zero-order valence-corrected chi connectivity index (χ0v) is 8.69. The monoisotopic (exact) mass is 232 g/mol. The van der Waals surface area contributed by atoms with Gasteiger partial charge in [0.15, 0.2) is 0 Å². The van der Waals surface area contributed by atoms with Crippen molar-refractivity contribution in [2.24, 2.45) is 0 Å². The zero-order valence-electron chi connectivity index (χ0n) is 7.94. The van der Waals surface area contributed by atoms with Gasteiger partial charge in [-0.1, -0.05) is 11.6 Å². The average Bonchev–Trinajstić information content (AvgIpc) is 2.17. The van der Waals surface area contributed by atoms with Gasteiger partial charge in [0.25, 0.3) is 5.56 Å². The van der Waals surface area contributed by atoms with Crippen LogP contribution in [0.4, 0.5) is 0 Å². The third-order valence-electron chi connectivity index (χ3n) is 1.67. The van der Waals surface area contributed by atoms with Crippen molar-refractivity contribution < 1.29 is 14.6 Å². The van der Waals surface area contributed by atoms with Crippen molar-refractivity contribution in [2.75, 3.05) is 7.11 Å². The van der Waals surface area contributed by atoms with E-state index in [0.717, 1.165) is 4.68 Å². The summed E-state index contributed by atoms with van der Waals surface area (Å²) in [6.45, 7) is -0.0391. The number of carboxylic acids is 1. The second-order valence-electron chi connectivity index (χ2n) is 2.76. The molecule has 1 heterocycles. The Morgan fingerprint density at radius 3 is 2.93 bits per heavy atom. The number of hydrogen-bond donors (Lipinski definition) is 1. The molecule has 0 unspecified atom stereocenters. The Morgan fingerprint density at radius 2 is 2.40 bits per heavy atom. The zero-order chi connectivity index (χ0) is 11.4. The predicted octanol–water partition coefficient (Wildman–Crippen LogP) is 0.128. The average molecular weight is 233 g/mol. The van der Waals surface area contributed by atoms with Crippen LogP contribution in [0, 0.1) is 0 Å². The first-order chi connectivity index (χ1) is 7.06. The summed E-state index contributed by atoms with van der Waals surface area (Å²) in [6.07, 6.45) is 0.796. The fourth-order valence-corrected chi connectivity index (χ4v) is 1.23. The van der Waals surface area contributed by atoms with Crippen LogP contribution >= 0.6 is 11.6 Å². The molecule has 0 aliphatic heterocycles. The quantitative estimate of drug-likeness (QED) is 0.798. The summed E-state index contributed by atoms with van der Waals surface area (Å²) in [5, 5.41) is 12.3. The van der Waals surface area contributed by atoms with E-state index in [1.165, 1.54) is 13.3 Å². The number of aliphatic carboxylic acids is 1. The van der Waals surface area contributed by atoms with Crippen molar-refractivity contribution in [2.45, 2.75) is 13.2 Å². The Balaban J connectivity index is 3.18. The van der Waals surface area contributed by atoms with Gasteiger partial charge in [-0.05, 0) is 0 Å². The van der Waals surface area contributed by atoms with Crippen molar-refractivity contribution >= 4 is 17.6 Å². The number of halogens is 1. The van der Waals surface area contributed by atoms with Crippen molar-refractivity contribution in [3.05, 3.63) is 27.1 Å². The van der Waals surface area contributed by atoms with Gasteiger partial charge < -0.3 is 9.84 Å². The third-order valence-corrected chi connectivity index (χ3v) is 2.00. The molecule has 0 aliphatic carbocycles. The molecule has 1 N–H and O–H groups in total. The van der Waals surface area contributed by atoms with Gasteiger partial charge in [0.2, 0.25) is 0 Å². The molecule has 1 rings (SSSR count). The number of hydrogen-bond acceptors (Lipinski definition) is 4. The maximum Gasteiger partial charge on any atom is 0.308 e. The van der Waals surface area contributed by atoms with Crippen LogP contribution in [0.2, 0.25) is 5.02 Å². The highest BCUT2D eigenvalue weighted by molar-refractivity contribution is 6.31. The van der Waals surface area contributed by atoms with E-state index in [9.17, 15) is 9.59 Å². The molecule has 0 aliphatic rings. The lowest BCUT2D eigenvalue weighted by molar-refractivity contribution is -0.136. The van der Waals surface area contributed by atoms with Crippen LogP contribution in [0.5, 0.6) is 0 Å². The molecule has 0 saturated carbocycles. The van der Waals surface area contributed by atoms with Crippen molar-refractivity contribution in [3.63, 3.8) is 0 Å². The Morgan fingerprint density at radius 1 is 1.73 bits per heavy atom. The summed E-state index contributed by atoms with van der Waals surface area (Å²) in [5.41, 5.74) is -0.539. The predicted molar refractivity (Wildman–Crippen MR) is 51.9 cm³/mol. The lowest BCUT2D eigenvalue weighted by atomic mass is 10.2. The smallest absolute Gasteiger partial charge is 0.308 e. The summed E-state index contributed by atoms with van der Waals surface area (Å²) >= 11 is 5.67. The second kappa shape index (κ2) is 4.90. The van der Waals surface area contributed by atoms with E-state index in [-0.39, 0.29) is 17.3 Å². The van der Waals surface area contributed by atoms with Crippen molar-refractivity contribution in [1.29, 1.82) is 0 Å². The third kappa shape index (κ3) is 2.77. The van der Waals surface area contributed by atoms with E-state index in [4.69, 9.17) is 21.4 Å². The summed E-state index contributed by atoms with van der Waals surface area (Å²) in [4.78, 5) is 22.1. The van der Waals surface area contributed by atoms with E-state index < -0.39 is 17.9 Å². The van der Waals surface area contributed by atoms with Crippen LogP contribution in [-0.4, -0.2) is 28.0 Å². The number of ether oxygens (including phenoxy) is 1. The van der Waals surface area contributed by atoms with E-state index in [1.54, 1.807) is 0 Å². The maximum absolute atomic E-state index is 11.6. The number of nitrogens with zero attached hydrogens (tertiary/aromatic N) is 2. The summed E-state index contributed by atoms with van der Waals surface area (Å²) in [6, 6.07) is 0. The molecule has 0 amide bonds. The standard InChI is InChI=1S/C8H9ClN2O4/c1-15-4-11-8(14)5(2-7(12)13)6(9)3-10-11/h3H,2,4H2,1H3,(H,12,13). The number of carbonyl (C=O) groups is 1. The van der Waals surface area contributed by atoms with Gasteiger partial charge in [0.05, 0.1) is 23.2 Å². The molecule has 1 aromatic rings. The molecular formula is C8H9ClN2O4. The van der Waals surface area contributed by atoms with E-state index in [1.807, 2.05) is 0 Å². The van der Waals surface area contributed by atoms with Gasteiger partial charge in [-0.2, -0.15) is 5.10 Å². The molecule has 0 saturated heterocycles. The number of carboxylic acid groups (broad SMARTS) is 1. The molecule has 0 spiro atoms. The Bertz CT molecular complexity index is 429. The fourth-order valence-electron chi connectivity index (χ4n) is 1.03. The first-order valence-corrected chi connectivity index (χ1v) is 4.39. The highest BCUT2D eigenvalue weighted by Gasteiger charge is 2.12. The highest BCUT2D eigenvalue weighted by atomic mass is 35.5. The first-order valence-electron chi connectivity index (χ1n) is 4.01. The van der Waals surface area contributed by atoms with Gasteiger partial charge in [0.1, 0.15) is 6.73 Å². The molecule has 1 aromatic heterocycles. The van der Waals surface area contributed by atoms with Crippen molar-refractivity contribution in [3.8, 4) is 0 Å². The molecular weight excluding hydrogens is 224 g/mol. The molecule has 0 fully saturated rings. The molecule has 6 nitrogen and oxygen atoms in total. The maximum atomic E-state index is 11.6. The minimum Gasteiger partial charge on any atom is -0.481 e. The minimum absolute atomic E-state index is 0.0104. The van der Waals surface area contributed by atoms with Crippen LogP contribution < -0.4 is 5.56 Å². The van der Waals surface area contributed by atoms with E-state index in [2.05, 4.69) is 5.10 Å². The Hall–Kier alpha value is -1.40. The van der Waals surface area contributed by atoms with Crippen LogP contribution in [0.1, 0.15) is 5.56 Å². The van der Waals surface area contributed by atoms with Gasteiger partial charge in [-0.25, -0.2) is 4.68 Å².